The summed E-state index contributed by atoms with van der Waals surface area (Å²) < 4.78 is 0. The van der Waals surface area contributed by atoms with Gasteiger partial charge in [0.1, 0.15) is 0 Å². The molecular weight excluding hydrogens is 394 g/mol. The molecule has 0 aromatic heterocycles. The molecule has 1 aliphatic carbocycles. The molecule has 0 bridgehead atoms. The van der Waals surface area contributed by atoms with E-state index >= 15 is 0 Å². The van der Waals surface area contributed by atoms with Gasteiger partial charge < -0.3 is 15.5 Å². The van der Waals surface area contributed by atoms with Crippen LogP contribution in [0.4, 0.5) is 16.2 Å². The predicted octanol–water partition coefficient (Wildman–Crippen LogP) is 4.96. The highest BCUT2D eigenvalue weighted by atomic mass is 16.7. The molecule has 1 fully saturated rings. The van der Waals surface area contributed by atoms with Gasteiger partial charge in [0.2, 0.25) is 0 Å². The zero-order valence-corrected chi connectivity index (χ0v) is 17.1. The number of amides is 3. The number of benzene rings is 3. The minimum atomic E-state index is -0.628. The number of carbonyl (C=O) groups is 3. The van der Waals surface area contributed by atoms with Gasteiger partial charge in [0.15, 0.2) is 0 Å². The van der Waals surface area contributed by atoms with Gasteiger partial charge in [-0.2, -0.15) is 5.48 Å². The van der Waals surface area contributed by atoms with Crippen LogP contribution < -0.4 is 16.1 Å². The number of nitrogens with one attached hydrogen (secondary N) is 3. The van der Waals surface area contributed by atoms with E-state index in [9.17, 15) is 14.4 Å². The Morgan fingerprint density at radius 2 is 1.61 bits per heavy atom. The van der Waals surface area contributed by atoms with E-state index in [-0.39, 0.29) is 12.0 Å². The Hall–Kier alpha value is -3.87. The molecule has 0 spiro atoms. The summed E-state index contributed by atoms with van der Waals surface area (Å²) in [5.41, 5.74) is 4.56. The van der Waals surface area contributed by atoms with Gasteiger partial charge in [-0.1, -0.05) is 43.3 Å². The summed E-state index contributed by atoms with van der Waals surface area (Å²) in [6, 6.07) is 18.1. The minimum Gasteiger partial charge on any atom is -0.341 e. The van der Waals surface area contributed by atoms with E-state index in [0.717, 1.165) is 10.8 Å². The van der Waals surface area contributed by atoms with E-state index in [1.807, 2.05) is 48.5 Å². The Kier molecular flexibility index (Phi) is 5.84. The maximum Gasteiger partial charge on any atom is 0.331 e. The largest absolute Gasteiger partial charge is 0.341 e. The van der Waals surface area contributed by atoms with Crippen LogP contribution in [-0.4, -0.2) is 17.9 Å². The summed E-state index contributed by atoms with van der Waals surface area (Å²) in [6.07, 6.45) is 2.56. The lowest BCUT2D eigenvalue weighted by atomic mass is 10.0. The fourth-order valence-electron chi connectivity index (χ4n) is 3.30. The van der Waals surface area contributed by atoms with Gasteiger partial charge in [0.25, 0.3) is 5.91 Å². The Bertz CT molecular complexity index is 1140. The number of fused-ring (bicyclic) bond motifs is 1. The van der Waals surface area contributed by atoms with Gasteiger partial charge in [0, 0.05) is 12.1 Å². The molecule has 0 unspecified atom stereocenters. The Labute approximate surface area is 179 Å². The van der Waals surface area contributed by atoms with Crippen molar-refractivity contribution in [1.82, 2.24) is 5.48 Å². The highest BCUT2D eigenvalue weighted by molar-refractivity contribution is 6.09. The van der Waals surface area contributed by atoms with Gasteiger partial charge in [-0.05, 0) is 59.4 Å². The first-order valence-corrected chi connectivity index (χ1v) is 10.2. The fraction of sp³-hybridized carbons (Fsp3) is 0.208. The van der Waals surface area contributed by atoms with Crippen molar-refractivity contribution >= 4 is 40.1 Å². The molecule has 1 aliphatic rings. The molecule has 7 heteroatoms. The van der Waals surface area contributed by atoms with E-state index in [2.05, 4.69) is 16.1 Å². The first kappa shape index (κ1) is 20.4. The summed E-state index contributed by atoms with van der Waals surface area (Å²) >= 11 is 0. The number of rotatable bonds is 5. The molecule has 3 aromatic carbocycles. The fourth-order valence-corrected chi connectivity index (χ4v) is 3.30. The van der Waals surface area contributed by atoms with Crippen LogP contribution in [-0.2, 0) is 9.63 Å². The van der Waals surface area contributed by atoms with E-state index in [0.29, 0.717) is 17.3 Å². The summed E-state index contributed by atoms with van der Waals surface area (Å²) in [7, 11) is 0. The molecule has 3 amide bonds. The van der Waals surface area contributed by atoms with Crippen molar-refractivity contribution in [2.24, 2.45) is 0 Å². The number of urea groups is 1. The quantitative estimate of drug-likeness (QED) is 0.511. The third kappa shape index (κ3) is 5.01. The van der Waals surface area contributed by atoms with Crippen LogP contribution in [0.5, 0.6) is 0 Å². The second-order valence-corrected chi connectivity index (χ2v) is 7.48. The molecule has 3 aromatic rings. The van der Waals surface area contributed by atoms with Crippen LogP contribution in [0.25, 0.3) is 10.8 Å². The lowest BCUT2D eigenvalue weighted by Crippen LogP contribution is -2.28. The van der Waals surface area contributed by atoms with Crippen molar-refractivity contribution < 1.29 is 19.2 Å². The summed E-state index contributed by atoms with van der Waals surface area (Å²) in [5.74, 6) is -0.545. The zero-order chi connectivity index (χ0) is 21.8. The molecule has 3 N–H and O–H groups in total. The standard InChI is InChI=1S/C24H23N3O4/c1-2-22(28)31-27-23(29)20-13-17-5-3-4-6-18(17)14-21(20)26-24(30)25-19-11-9-16(10-12-19)15-7-8-15/h3-6,9-15H,2,7-8H2,1H3,(H,27,29)(H2,25,26,30). The number of anilines is 2. The molecular formula is C24H23N3O4. The van der Waals surface area contributed by atoms with Crippen molar-refractivity contribution in [2.45, 2.75) is 32.1 Å². The number of hydrogen-bond donors (Lipinski definition) is 3. The molecule has 0 heterocycles. The summed E-state index contributed by atoms with van der Waals surface area (Å²) in [6.45, 7) is 1.62. The Morgan fingerprint density at radius 3 is 2.26 bits per heavy atom. The molecule has 0 radical (unpaired) electrons. The first-order chi connectivity index (χ1) is 15.0. The Morgan fingerprint density at radius 1 is 0.935 bits per heavy atom. The number of hydrogen-bond acceptors (Lipinski definition) is 4. The normalized spacial score (nSPS) is 12.8. The van der Waals surface area contributed by atoms with Crippen LogP contribution in [0.15, 0.2) is 60.7 Å². The number of carbonyl (C=O) groups excluding carboxylic acids is 3. The zero-order valence-electron chi connectivity index (χ0n) is 17.1. The van der Waals surface area contributed by atoms with Crippen molar-refractivity contribution in [3.63, 3.8) is 0 Å². The SMILES string of the molecule is CCC(=O)ONC(=O)c1cc2ccccc2cc1NC(=O)Nc1ccc(C2CC2)cc1. The van der Waals surface area contributed by atoms with Crippen LogP contribution in [0, 0.1) is 0 Å². The highest BCUT2D eigenvalue weighted by Crippen LogP contribution is 2.40. The summed E-state index contributed by atoms with van der Waals surface area (Å²) in [4.78, 5) is 41.3. The maximum atomic E-state index is 12.6. The predicted molar refractivity (Wildman–Crippen MR) is 119 cm³/mol. The van der Waals surface area contributed by atoms with E-state index < -0.39 is 17.9 Å². The molecule has 31 heavy (non-hydrogen) atoms. The van der Waals surface area contributed by atoms with E-state index in [4.69, 9.17) is 4.84 Å². The van der Waals surface area contributed by atoms with Crippen molar-refractivity contribution in [2.75, 3.05) is 10.6 Å². The summed E-state index contributed by atoms with van der Waals surface area (Å²) in [5, 5.41) is 7.19. The van der Waals surface area contributed by atoms with Crippen molar-refractivity contribution in [1.29, 1.82) is 0 Å². The van der Waals surface area contributed by atoms with E-state index in [1.165, 1.54) is 18.4 Å². The molecule has 1 saturated carbocycles. The van der Waals surface area contributed by atoms with Gasteiger partial charge >= 0.3 is 12.0 Å². The monoisotopic (exact) mass is 417 g/mol. The van der Waals surface area contributed by atoms with Crippen molar-refractivity contribution in [3.8, 4) is 0 Å². The Balaban J connectivity index is 1.53. The second-order valence-electron chi connectivity index (χ2n) is 7.48. The molecule has 0 atom stereocenters. The second kappa shape index (κ2) is 8.87. The van der Waals surface area contributed by atoms with Gasteiger partial charge in [-0.15, -0.1) is 0 Å². The van der Waals surface area contributed by atoms with Crippen LogP contribution in [0.1, 0.15) is 48.0 Å². The van der Waals surface area contributed by atoms with Crippen LogP contribution in [0.2, 0.25) is 0 Å². The van der Waals surface area contributed by atoms with Crippen LogP contribution >= 0.6 is 0 Å². The molecule has 158 valence electrons. The molecule has 7 nitrogen and oxygen atoms in total. The average molecular weight is 417 g/mol. The highest BCUT2D eigenvalue weighted by Gasteiger charge is 2.23. The van der Waals surface area contributed by atoms with Crippen LogP contribution in [0.3, 0.4) is 0 Å². The van der Waals surface area contributed by atoms with E-state index in [1.54, 1.807) is 19.1 Å². The third-order valence-electron chi connectivity index (χ3n) is 5.14. The van der Waals surface area contributed by atoms with Gasteiger partial charge in [-0.3, -0.25) is 4.79 Å². The average Bonchev–Trinajstić information content (AvgIpc) is 3.62. The topological polar surface area (TPSA) is 96.5 Å². The molecule has 4 rings (SSSR count). The lowest BCUT2D eigenvalue weighted by molar-refractivity contribution is -0.148. The lowest BCUT2D eigenvalue weighted by Gasteiger charge is -2.14. The van der Waals surface area contributed by atoms with Crippen molar-refractivity contribution in [3.05, 3.63) is 71.8 Å². The molecule has 0 aliphatic heterocycles. The molecule has 0 saturated heterocycles. The number of hydroxylamine groups is 1. The maximum absolute atomic E-state index is 12.6. The smallest absolute Gasteiger partial charge is 0.331 e. The van der Waals surface area contributed by atoms with Gasteiger partial charge in [-0.25, -0.2) is 9.59 Å². The third-order valence-corrected chi connectivity index (χ3v) is 5.14. The minimum absolute atomic E-state index is 0.130. The van der Waals surface area contributed by atoms with Gasteiger partial charge in [0.05, 0.1) is 11.3 Å². The first-order valence-electron chi connectivity index (χ1n) is 10.2.